The Morgan fingerprint density at radius 1 is 1.18 bits per heavy atom. The Hall–Kier alpha value is -1.95. The van der Waals surface area contributed by atoms with E-state index in [0.717, 1.165) is 5.56 Å². The average Bonchev–Trinajstić information content (AvgIpc) is 2.44. The zero-order valence-corrected chi connectivity index (χ0v) is 13.6. The monoisotopic (exact) mass is 322 g/mol. The Morgan fingerprint density at radius 2 is 1.91 bits per heavy atom. The molecule has 22 heavy (non-hydrogen) atoms. The third kappa shape index (κ3) is 3.62. The number of rotatable bonds is 4. The maximum atomic E-state index is 13.1. The number of nitrogens with zero attached hydrogens (tertiary/aromatic N) is 1. The van der Waals surface area contributed by atoms with Crippen molar-refractivity contribution in [1.82, 2.24) is 4.98 Å². The SMILES string of the molecule is CC(C)(C)S(=O)(=O)c1ccc(NCc2cccc(F)c2)cn1. The first-order valence-electron chi connectivity index (χ1n) is 6.89. The second kappa shape index (κ2) is 6.04. The van der Waals surface area contributed by atoms with Gasteiger partial charge in [-0.1, -0.05) is 12.1 Å². The Bertz CT molecular complexity index is 750. The molecule has 0 saturated heterocycles. The predicted octanol–water partition coefficient (Wildman–Crippen LogP) is 3.41. The van der Waals surface area contributed by atoms with Crippen LogP contribution in [0, 0.1) is 5.82 Å². The van der Waals surface area contributed by atoms with E-state index < -0.39 is 14.6 Å². The van der Waals surface area contributed by atoms with Gasteiger partial charge in [0, 0.05) is 6.54 Å². The molecule has 0 aliphatic rings. The molecule has 1 heterocycles. The highest BCUT2D eigenvalue weighted by Gasteiger charge is 2.31. The van der Waals surface area contributed by atoms with Gasteiger partial charge in [-0.2, -0.15) is 0 Å². The molecule has 1 N–H and O–H groups in total. The Balaban J connectivity index is 2.10. The summed E-state index contributed by atoms with van der Waals surface area (Å²) in [6, 6.07) is 9.42. The van der Waals surface area contributed by atoms with E-state index in [1.807, 2.05) is 6.07 Å². The molecule has 0 spiro atoms. The maximum Gasteiger partial charge on any atom is 0.200 e. The lowest BCUT2D eigenvalue weighted by Gasteiger charge is -2.18. The lowest BCUT2D eigenvalue weighted by atomic mass is 10.2. The Kier molecular flexibility index (Phi) is 4.51. The van der Waals surface area contributed by atoms with E-state index in [9.17, 15) is 12.8 Å². The first kappa shape index (κ1) is 16.4. The molecular weight excluding hydrogens is 303 g/mol. The van der Waals surface area contributed by atoms with E-state index in [1.54, 1.807) is 32.9 Å². The van der Waals surface area contributed by atoms with Gasteiger partial charge in [0.1, 0.15) is 5.82 Å². The zero-order chi connectivity index (χ0) is 16.4. The first-order chi connectivity index (χ1) is 10.2. The van der Waals surface area contributed by atoms with Crippen molar-refractivity contribution in [2.24, 2.45) is 0 Å². The molecule has 1 aromatic carbocycles. The van der Waals surface area contributed by atoms with Crippen molar-refractivity contribution >= 4 is 15.5 Å². The van der Waals surface area contributed by atoms with Crippen LogP contribution >= 0.6 is 0 Å². The van der Waals surface area contributed by atoms with Crippen LogP contribution in [-0.4, -0.2) is 18.1 Å². The van der Waals surface area contributed by atoms with Gasteiger partial charge < -0.3 is 5.32 Å². The lowest BCUT2D eigenvalue weighted by Crippen LogP contribution is -2.28. The fourth-order valence-electron chi connectivity index (χ4n) is 1.81. The van der Waals surface area contributed by atoms with Crippen molar-refractivity contribution in [2.75, 3.05) is 5.32 Å². The van der Waals surface area contributed by atoms with Crippen LogP contribution in [-0.2, 0) is 16.4 Å². The van der Waals surface area contributed by atoms with Crippen LogP contribution < -0.4 is 5.32 Å². The largest absolute Gasteiger partial charge is 0.380 e. The number of benzene rings is 1. The Labute approximate surface area is 130 Å². The smallest absolute Gasteiger partial charge is 0.200 e. The van der Waals surface area contributed by atoms with Crippen LogP contribution in [0.2, 0.25) is 0 Å². The summed E-state index contributed by atoms with van der Waals surface area (Å²) < 4.78 is 36.7. The van der Waals surface area contributed by atoms with Crippen LogP contribution in [0.4, 0.5) is 10.1 Å². The molecule has 0 bridgehead atoms. The molecule has 0 aliphatic heterocycles. The number of nitrogens with one attached hydrogen (secondary N) is 1. The van der Waals surface area contributed by atoms with Crippen LogP contribution in [0.15, 0.2) is 47.6 Å². The third-order valence-electron chi connectivity index (χ3n) is 3.20. The van der Waals surface area contributed by atoms with Gasteiger partial charge >= 0.3 is 0 Å². The van der Waals surface area contributed by atoms with Gasteiger partial charge in [-0.3, -0.25) is 0 Å². The summed E-state index contributed by atoms with van der Waals surface area (Å²) in [4.78, 5) is 4.02. The van der Waals surface area contributed by atoms with E-state index in [2.05, 4.69) is 10.3 Å². The van der Waals surface area contributed by atoms with Gasteiger partial charge in [0.2, 0.25) is 0 Å². The number of hydrogen-bond acceptors (Lipinski definition) is 4. The van der Waals surface area contributed by atoms with Crippen molar-refractivity contribution in [2.45, 2.75) is 37.1 Å². The molecule has 0 radical (unpaired) electrons. The maximum absolute atomic E-state index is 13.1. The second-order valence-electron chi connectivity index (χ2n) is 5.98. The van der Waals surface area contributed by atoms with Crippen molar-refractivity contribution in [3.05, 3.63) is 54.0 Å². The highest BCUT2D eigenvalue weighted by atomic mass is 32.2. The number of aromatic nitrogens is 1. The number of hydrogen-bond donors (Lipinski definition) is 1. The average molecular weight is 322 g/mol. The van der Waals surface area contributed by atoms with Crippen LogP contribution in [0.1, 0.15) is 26.3 Å². The van der Waals surface area contributed by atoms with E-state index in [4.69, 9.17) is 0 Å². The molecule has 1 aromatic heterocycles. The normalized spacial score (nSPS) is 12.2. The molecule has 0 aliphatic carbocycles. The van der Waals surface area contributed by atoms with Crippen LogP contribution in [0.3, 0.4) is 0 Å². The fraction of sp³-hybridized carbons (Fsp3) is 0.312. The van der Waals surface area contributed by atoms with E-state index in [-0.39, 0.29) is 10.8 Å². The minimum atomic E-state index is -3.45. The first-order valence-corrected chi connectivity index (χ1v) is 8.37. The van der Waals surface area contributed by atoms with E-state index in [1.165, 1.54) is 24.4 Å². The quantitative estimate of drug-likeness (QED) is 0.937. The summed E-state index contributed by atoms with van der Waals surface area (Å²) >= 11 is 0. The number of anilines is 1. The molecule has 4 nitrogen and oxygen atoms in total. The van der Waals surface area contributed by atoms with Crippen molar-refractivity contribution in [1.29, 1.82) is 0 Å². The van der Waals surface area contributed by atoms with Gasteiger partial charge in [0.05, 0.1) is 16.6 Å². The standard InChI is InChI=1S/C16H19FN2O2S/c1-16(2,3)22(20,21)15-8-7-14(11-19-15)18-10-12-5-4-6-13(17)9-12/h4-9,11,18H,10H2,1-3H3. The summed E-state index contributed by atoms with van der Waals surface area (Å²) in [5.74, 6) is -0.288. The molecule has 0 unspecified atom stereocenters. The second-order valence-corrected chi connectivity index (χ2v) is 8.63. The van der Waals surface area contributed by atoms with Crippen LogP contribution in [0.5, 0.6) is 0 Å². The zero-order valence-electron chi connectivity index (χ0n) is 12.8. The minimum Gasteiger partial charge on any atom is -0.380 e. The topological polar surface area (TPSA) is 59.1 Å². The molecule has 118 valence electrons. The number of halogens is 1. The fourth-order valence-corrected chi connectivity index (χ4v) is 2.87. The lowest BCUT2D eigenvalue weighted by molar-refractivity contribution is 0.556. The minimum absolute atomic E-state index is 0.0521. The molecular formula is C16H19FN2O2S. The van der Waals surface area contributed by atoms with Gasteiger partial charge in [-0.15, -0.1) is 0 Å². The molecule has 0 amide bonds. The third-order valence-corrected chi connectivity index (χ3v) is 5.61. The highest BCUT2D eigenvalue weighted by molar-refractivity contribution is 7.92. The summed E-state index contributed by atoms with van der Waals surface area (Å²) in [5, 5.41) is 3.13. The van der Waals surface area contributed by atoms with Gasteiger partial charge in [-0.05, 0) is 50.6 Å². The van der Waals surface area contributed by atoms with Crippen molar-refractivity contribution in [3.8, 4) is 0 Å². The van der Waals surface area contributed by atoms with Gasteiger partial charge in [0.15, 0.2) is 14.9 Å². The summed E-state index contributed by atoms with van der Waals surface area (Å²) in [7, 11) is -3.45. The highest BCUT2D eigenvalue weighted by Crippen LogP contribution is 2.23. The van der Waals surface area contributed by atoms with Gasteiger partial charge in [-0.25, -0.2) is 17.8 Å². The predicted molar refractivity (Wildman–Crippen MR) is 84.9 cm³/mol. The van der Waals surface area contributed by atoms with Crippen LogP contribution in [0.25, 0.3) is 0 Å². The summed E-state index contributed by atoms with van der Waals surface area (Å²) in [6.45, 7) is 5.35. The molecule has 0 saturated carbocycles. The molecule has 6 heteroatoms. The molecule has 0 atom stereocenters. The van der Waals surface area contributed by atoms with Crippen molar-refractivity contribution in [3.63, 3.8) is 0 Å². The van der Waals surface area contributed by atoms with Crippen molar-refractivity contribution < 1.29 is 12.8 Å². The summed E-state index contributed by atoms with van der Waals surface area (Å²) in [5.41, 5.74) is 1.48. The number of pyridine rings is 1. The van der Waals surface area contributed by atoms with Gasteiger partial charge in [0.25, 0.3) is 0 Å². The molecule has 0 fully saturated rings. The molecule has 2 rings (SSSR count). The molecule has 2 aromatic rings. The van der Waals surface area contributed by atoms with E-state index >= 15 is 0 Å². The Morgan fingerprint density at radius 3 is 2.45 bits per heavy atom. The van der Waals surface area contributed by atoms with E-state index in [0.29, 0.717) is 12.2 Å². The summed E-state index contributed by atoms with van der Waals surface area (Å²) in [6.07, 6.45) is 1.47. The number of sulfone groups is 1.